The molecule has 5 rings (SSSR count). The molecule has 0 aromatic heterocycles. The topological polar surface area (TPSA) is 99.8 Å². The van der Waals surface area contributed by atoms with Gasteiger partial charge in [-0.1, -0.05) is 109 Å². The molecule has 0 aliphatic carbocycles. The monoisotopic (exact) mass is 615 g/mol. The van der Waals surface area contributed by atoms with Crippen molar-refractivity contribution in [3.05, 3.63) is 131 Å². The van der Waals surface area contributed by atoms with Gasteiger partial charge in [0.2, 0.25) is 11.8 Å². The van der Waals surface area contributed by atoms with E-state index in [2.05, 4.69) is 58.1 Å². The van der Waals surface area contributed by atoms with Crippen LogP contribution in [0.2, 0.25) is 0 Å². The molecule has 4 aromatic rings. The largest absolute Gasteiger partial charge is 0.370 e. The Bertz CT molecular complexity index is 1570. The summed E-state index contributed by atoms with van der Waals surface area (Å²) in [5.74, 6) is 0.212. The predicted octanol–water partition coefficient (Wildman–Crippen LogP) is 5.67. The van der Waals surface area contributed by atoms with Crippen LogP contribution in [0.25, 0.3) is 11.1 Å². The van der Waals surface area contributed by atoms with Crippen LogP contribution in [0.1, 0.15) is 47.9 Å². The van der Waals surface area contributed by atoms with E-state index in [0.29, 0.717) is 45.0 Å². The van der Waals surface area contributed by atoms with Crippen LogP contribution in [-0.4, -0.2) is 48.3 Å². The lowest BCUT2D eigenvalue weighted by molar-refractivity contribution is -0.137. The van der Waals surface area contributed by atoms with Crippen molar-refractivity contribution in [1.29, 1.82) is 0 Å². The van der Waals surface area contributed by atoms with Gasteiger partial charge in [0.25, 0.3) is 0 Å². The fourth-order valence-corrected chi connectivity index (χ4v) is 5.95. The number of guanidine groups is 1. The van der Waals surface area contributed by atoms with Gasteiger partial charge < -0.3 is 21.3 Å². The molecule has 0 bridgehead atoms. The number of aryl methyl sites for hydroxylation is 2. The maximum atomic E-state index is 13.9. The van der Waals surface area contributed by atoms with E-state index in [0.717, 1.165) is 42.4 Å². The summed E-state index contributed by atoms with van der Waals surface area (Å²) in [5, 5.41) is 6.26. The third kappa shape index (κ3) is 9.80. The first kappa shape index (κ1) is 32.5. The number of carbonyl (C=O) groups excluding carboxylic acids is 2. The first-order chi connectivity index (χ1) is 22.5. The van der Waals surface area contributed by atoms with Crippen LogP contribution >= 0.6 is 0 Å². The van der Waals surface area contributed by atoms with Gasteiger partial charge in [0.15, 0.2) is 5.96 Å². The van der Waals surface area contributed by atoms with Crippen molar-refractivity contribution in [2.24, 2.45) is 10.7 Å². The zero-order valence-electron chi connectivity index (χ0n) is 26.5. The number of rotatable bonds is 13. The summed E-state index contributed by atoms with van der Waals surface area (Å²) < 4.78 is 0. The molecule has 2 amide bonds. The van der Waals surface area contributed by atoms with Crippen molar-refractivity contribution in [2.75, 3.05) is 19.6 Å². The third-order valence-electron chi connectivity index (χ3n) is 8.45. The fraction of sp³-hybridized carbons (Fsp3) is 0.308. The van der Waals surface area contributed by atoms with Gasteiger partial charge in [0.1, 0.15) is 6.04 Å². The van der Waals surface area contributed by atoms with Crippen molar-refractivity contribution in [2.45, 2.75) is 57.5 Å². The molecule has 1 unspecified atom stereocenters. The van der Waals surface area contributed by atoms with E-state index < -0.39 is 6.04 Å². The molecule has 0 saturated heterocycles. The molecule has 0 radical (unpaired) electrons. The van der Waals surface area contributed by atoms with Crippen LogP contribution in [0.15, 0.2) is 114 Å². The number of hydrogen-bond acceptors (Lipinski definition) is 3. The molecule has 1 aliphatic rings. The normalized spacial score (nSPS) is 13.7. The summed E-state index contributed by atoms with van der Waals surface area (Å²) in [5.41, 5.74) is 13.0. The van der Waals surface area contributed by atoms with Crippen LogP contribution < -0.4 is 16.4 Å². The van der Waals surface area contributed by atoms with Crippen molar-refractivity contribution in [3.8, 4) is 11.1 Å². The van der Waals surface area contributed by atoms with Crippen LogP contribution in [0.3, 0.4) is 0 Å². The number of hydrogen-bond donors (Lipinski definition) is 3. The Hall–Kier alpha value is -4.91. The molecule has 46 heavy (non-hydrogen) atoms. The minimum atomic E-state index is -0.618. The van der Waals surface area contributed by atoms with Gasteiger partial charge >= 0.3 is 0 Å². The lowest BCUT2D eigenvalue weighted by atomic mass is 10.0. The minimum absolute atomic E-state index is 0.0352. The standard InChI is InChI=1S/C39H45N5O2/c40-39(41-25-9-14-30-12-3-1-4-13-30)42-26-10-20-36(38(46)44-27-11-19-33-17-7-8-18-35(33)29-44)43-37(45)28-31-21-23-34(24-22-31)32-15-5-2-6-16-32/h1-8,12-13,15-18,21-24,36H,9-11,14,19-20,25-29H2,(H,43,45)(H3,40,41,42). The van der Waals surface area contributed by atoms with E-state index >= 15 is 0 Å². The third-order valence-corrected chi connectivity index (χ3v) is 8.45. The molecule has 1 atom stereocenters. The fourth-order valence-electron chi connectivity index (χ4n) is 5.95. The van der Waals surface area contributed by atoms with Crippen molar-refractivity contribution in [1.82, 2.24) is 15.5 Å². The lowest BCUT2D eigenvalue weighted by Crippen LogP contribution is -2.49. The first-order valence-electron chi connectivity index (χ1n) is 16.4. The summed E-state index contributed by atoms with van der Waals surface area (Å²) >= 11 is 0. The molecule has 0 saturated carbocycles. The van der Waals surface area contributed by atoms with E-state index in [1.54, 1.807) is 0 Å². The second-order valence-corrected chi connectivity index (χ2v) is 11.9. The number of nitrogens with two attached hydrogens (primary N) is 1. The lowest BCUT2D eigenvalue weighted by Gasteiger charge is -2.27. The van der Waals surface area contributed by atoms with E-state index in [4.69, 9.17) is 5.73 Å². The highest BCUT2D eigenvalue weighted by Crippen LogP contribution is 2.21. The number of aliphatic imine (C=N–C) groups is 1. The maximum Gasteiger partial charge on any atom is 0.245 e. The van der Waals surface area contributed by atoms with Crippen LogP contribution in [0.5, 0.6) is 0 Å². The molecule has 7 heteroatoms. The van der Waals surface area contributed by atoms with Gasteiger partial charge in [-0.2, -0.15) is 0 Å². The Morgan fingerprint density at radius 1 is 0.783 bits per heavy atom. The van der Waals surface area contributed by atoms with Gasteiger partial charge in [-0.15, -0.1) is 0 Å². The van der Waals surface area contributed by atoms with Crippen LogP contribution in [0.4, 0.5) is 0 Å². The van der Waals surface area contributed by atoms with Crippen LogP contribution in [-0.2, 0) is 35.4 Å². The molecule has 7 nitrogen and oxygen atoms in total. The molecule has 4 aromatic carbocycles. The second kappa shape index (κ2) is 17.0. The zero-order valence-corrected chi connectivity index (χ0v) is 26.5. The Morgan fingerprint density at radius 2 is 1.46 bits per heavy atom. The molecular formula is C39H45N5O2. The van der Waals surface area contributed by atoms with Crippen molar-refractivity contribution < 1.29 is 9.59 Å². The molecule has 0 spiro atoms. The number of benzene rings is 4. The van der Waals surface area contributed by atoms with E-state index in [1.165, 1.54) is 16.7 Å². The van der Waals surface area contributed by atoms with Gasteiger partial charge in [0.05, 0.1) is 6.42 Å². The van der Waals surface area contributed by atoms with Gasteiger partial charge in [0, 0.05) is 26.2 Å². The SMILES string of the molecule is NC(=NCCCc1ccccc1)NCCCC(NC(=O)Cc1ccc(-c2ccccc2)cc1)C(=O)N1CCCc2ccccc2C1. The smallest absolute Gasteiger partial charge is 0.245 e. The Balaban J connectivity index is 1.16. The Labute approximate surface area is 272 Å². The Kier molecular flexibility index (Phi) is 12.0. The molecule has 1 heterocycles. The van der Waals surface area contributed by atoms with E-state index in [-0.39, 0.29) is 18.2 Å². The molecule has 1 aliphatic heterocycles. The van der Waals surface area contributed by atoms with Crippen LogP contribution in [0, 0.1) is 0 Å². The first-order valence-corrected chi connectivity index (χ1v) is 16.4. The number of fused-ring (bicyclic) bond motifs is 1. The molecule has 4 N–H and O–H groups in total. The summed E-state index contributed by atoms with van der Waals surface area (Å²) in [4.78, 5) is 33.6. The second-order valence-electron chi connectivity index (χ2n) is 11.9. The predicted molar refractivity (Wildman–Crippen MR) is 186 cm³/mol. The summed E-state index contributed by atoms with van der Waals surface area (Å²) in [6.07, 6.45) is 5.10. The highest BCUT2D eigenvalue weighted by Gasteiger charge is 2.27. The molecule has 238 valence electrons. The van der Waals surface area contributed by atoms with E-state index in [1.807, 2.05) is 71.6 Å². The zero-order chi connectivity index (χ0) is 32.0. The number of amides is 2. The van der Waals surface area contributed by atoms with Gasteiger partial charge in [-0.25, -0.2) is 0 Å². The number of nitrogens with one attached hydrogen (secondary N) is 2. The average Bonchev–Trinajstić information content (AvgIpc) is 3.32. The van der Waals surface area contributed by atoms with Gasteiger partial charge in [-0.3, -0.25) is 14.6 Å². The molecule has 0 fully saturated rings. The summed E-state index contributed by atoms with van der Waals surface area (Å²) in [7, 11) is 0. The van der Waals surface area contributed by atoms with Gasteiger partial charge in [-0.05, 0) is 71.9 Å². The van der Waals surface area contributed by atoms with Crippen molar-refractivity contribution >= 4 is 17.8 Å². The number of carbonyl (C=O) groups is 2. The van der Waals surface area contributed by atoms with E-state index in [9.17, 15) is 9.59 Å². The highest BCUT2D eigenvalue weighted by molar-refractivity contribution is 5.88. The minimum Gasteiger partial charge on any atom is -0.370 e. The van der Waals surface area contributed by atoms with Crippen molar-refractivity contribution in [3.63, 3.8) is 0 Å². The highest BCUT2D eigenvalue weighted by atomic mass is 16.2. The summed E-state index contributed by atoms with van der Waals surface area (Å²) in [6, 6.07) is 36.2. The average molecular weight is 616 g/mol. The summed E-state index contributed by atoms with van der Waals surface area (Å²) in [6.45, 7) is 2.44. The molecular weight excluding hydrogens is 570 g/mol. The Morgan fingerprint density at radius 3 is 2.22 bits per heavy atom. The number of nitrogens with zero attached hydrogens (tertiary/aromatic N) is 2. The maximum absolute atomic E-state index is 13.9. The quantitative estimate of drug-likeness (QED) is 0.103.